The van der Waals surface area contributed by atoms with Crippen molar-refractivity contribution in [1.82, 2.24) is 0 Å². The topological polar surface area (TPSA) is 63.2 Å². The van der Waals surface area contributed by atoms with Crippen molar-refractivity contribution in [3.8, 4) is 0 Å². The predicted octanol–water partition coefficient (Wildman–Crippen LogP) is 4.68. The lowest BCUT2D eigenvalue weighted by molar-refractivity contribution is -0.122. The summed E-state index contributed by atoms with van der Waals surface area (Å²) in [6.45, 7) is 0. The van der Waals surface area contributed by atoms with Crippen LogP contribution in [0.15, 0.2) is 91.0 Å². The Balaban J connectivity index is 1.68. The lowest BCUT2D eigenvalue weighted by Gasteiger charge is -2.36. The van der Waals surface area contributed by atoms with Gasteiger partial charge in [0.2, 0.25) is 5.91 Å². The van der Waals surface area contributed by atoms with Crippen LogP contribution in [0.1, 0.15) is 27.4 Å². The number of Topliss-reactive ketones (excluding diaryl/α,β-unsaturated/α-hetero) is 1. The molecular formula is C28H20FNO3. The minimum atomic E-state index is -1.40. The van der Waals surface area contributed by atoms with E-state index >= 15 is 0 Å². The van der Waals surface area contributed by atoms with E-state index in [1.54, 1.807) is 42.5 Å². The molecule has 6 rings (SSSR count). The molecule has 1 amide bonds. The number of hydrogen-bond donors (Lipinski definition) is 1. The summed E-state index contributed by atoms with van der Waals surface area (Å²) in [5.74, 6) is -3.78. The molecule has 0 bridgehead atoms. The number of anilines is 1. The van der Waals surface area contributed by atoms with Crippen molar-refractivity contribution in [3.05, 3.63) is 114 Å². The maximum Gasteiger partial charge on any atom is 0.236 e. The number of benzene rings is 3. The summed E-state index contributed by atoms with van der Waals surface area (Å²) in [7, 11) is 0. The fourth-order valence-electron chi connectivity index (χ4n) is 6.36. The van der Waals surface area contributed by atoms with Crippen LogP contribution in [0, 0.1) is 23.6 Å². The second-order valence-electron chi connectivity index (χ2n) is 8.95. The van der Waals surface area contributed by atoms with E-state index in [1.165, 1.54) is 12.1 Å². The maximum atomic E-state index is 14.9. The molecule has 3 aromatic rings. The summed E-state index contributed by atoms with van der Waals surface area (Å²) in [4.78, 5) is 41.1. The predicted molar refractivity (Wildman–Crippen MR) is 121 cm³/mol. The first kappa shape index (κ1) is 19.8. The molecule has 1 N–H and O–H groups in total. The molecule has 162 valence electrons. The molecule has 0 aromatic heterocycles. The van der Waals surface area contributed by atoms with Crippen molar-refractivity contribution >= 4 is 23.2 Å². The van der Waals surface area contributed by atoms with E-state index in [1.807, 2.05) is 36.4 Å². The molecule has 3 aromatic carbocycles. The second kappa shape index (κ2) is 7.07. The van der Waals surface area contributed by atoms with Crippen molar-refractivity contribution in [3.63, 3.8) is 0 Å². The maximum absolute atomic E-state index is 14.9. The number of amides is 1. The van der Waals surface area contributed by atoms with Gasteiger partial charge in [-0.2, -0.15) is 0 Å². The van der Waals surface area contributed by atoms with E-state index in [0.29, 0.717) is 11.1 Å². The number of para-hydroxylation sites is 1. The van der Waals surface area contributed by atoms with E-state index < -0.39 is 40.8 Å². The monoisotopic (exact) mass is 437 g/mol. The molecule has 1 saturated carbocycles. The van der Waals surface area contributed by atoms with Crippen LogP contribution in [-0.4, -0.2) is 17.5 Å². The van der Waals surface area contributed by atoms with Crippen molar-refractivity contribution in [1.29, 1.82) is 0 Å². The first-order valence-electron chi connectivity index (χ1n) is 11.0. The zero-order chi connectivity index (χ0) is 22.7. The molecule has 0 radical (unpaired) electrons. The molecule has 1 aliphatic heterocycles. The van der Waals surface area contributed by atoms with Gasteiger partial charge in [0.1, 0.15) is 5.82 Å². The van der Waals surface area contributed by atoms with Gasteiger partial charge in [-0.1, -0.05) is 78.9 Å². The van der Waals surface area contributed by atoms with Crippen LogP contribution >= 0.6 is 0 Å². The van der Waals surface area contributed by atoms with E-state index in [4.69, 9.17) is 0 Å². The number of allylic oxidation sites excluding steroid dienone is 2. The SMILES string of the molecule is O=C1C=C[C@@H]2[C@H]1[C@@H](c1ccccc1)[C@]1(C(=O)Nc3c(F)cccc31)[C@H]2C(=O)c1ccccc1. The molecule has 3 aliphatic rings. The third kappa shape index (κ3) is 2.53. The van der Waals surface area contributed by atoms with Crippen molar-refractivity contribution in [2.24, 2.45) is 17.8 Å². The highest BCUT2D eigenvalue weighted by Crippen LogP contribution is 2.66. The molecule has 1 heterocycles. The highest BCUT2D eigenvalue weighted by atomic mass is 19.1. The third-order valence-corrected chi connectivity index (χ3v) is 7.52. The summed E-state index contributed by atoms with van der Waals surface area (Å²) in [5, 5.41) is 2.74. The molecule has 5 atom stereocenters. The molecule has 33 heavy (non-hydrogen) atoms. The van der Waals surface area contributed by atoms with Gasteiger partial charge in [-0.05, 0) is 29.2 Å². The number of fused-ring (bicyclic) bond motifs is 3. The van der Waals surface area contributed by atoms with Crippen LogP contribution in [0.4, 0.5) is 10.1 Å². The zero-order valence-electron chi connectivity index (χ0n) is 17.6. The minimum Gasteiger partial charge on any atom is -0.323 e. The molecule has 0 unspecified atom stereocenters. The molecule has 0 saturated heterocycles. The third-order valence-electron chi connectivity index (χ3n) is 7.52. The van der Waals surface area contributed by atoms with E-state index in [0.717, 1.165) is 5.56 Å². The second-order valence-corrected chi connectivity index (χ2v) is 8.95. The number of halogens is 1. The van der Waals surface area contributed by atoms with Crippen LogP contribution in [0.5, 0.6) is 0 Å². The van der Waals surface area contributed by atoms with Crippen LogP contribution in [-0.2, 0) is 15.0 Å². The van der Waals surface area contributed by atoms with Gasteiger partial charge >= 0.3 is 0 Å². The van der Waals surface area contributed by atoms with E-state index in [-0.39, 0.29) is 17.3 Å². The van der Waals surface area contributed by atoms with Crippen LogP contribution in [0.25, 0.3) is 0 Å². The van der Waals surface area contributed by atoms with Crippen LogP contribution < -0.4 is 5.32 Å². The molecule has 1 fully saturated rings. The number of carbonyl (C=O) groups excluding carboxylic acids is 3. The van der Waals surface area contributed by atoms with Gasteiger partial charge in [-0.15, -0.1) is 0 Å². The quantitative estimate of drug-likeness (QED) is 0.605. The Labute approximate surface area is 190 Å². The number of hydrogen-bond acceptors (Lipinski definition) is 3. The van der Waals surface area contributed by atoms with Gasteiger partial charge in [0.05, 0.1) is 11.1 Å². The van der Waals surface area contributed by atoms with Gasteiger partial charge in [0.25, 0.3) is 0 Å². The number of carbonyl (C=O) groups is 3. The number of ketones is 2. The largest absolute Gasteiger partial charge is 0.323 e. The first-order chi connectivity index (χ1) is 16.0. The highest BCUT2D eigenvalue weighted by Gasteiger charge is 2.71. The summed E-state index contributed by atoms with van der Waals surface area (Å²) >= 11 is 0. The Morgan fingerprint density at radius 3 is 2.30 bits per heavy atom. The Morgan fingerprint density at radius 1 is 0.879 bits per heavy atom. The zero-order valence-corrected chi connectivity index (χ0v) is 17.6. The average Bonchev–Trinajstić information content (AvgIpc) is 3.46. The molecule has 1 spiro atoms. The summed E-state index contributed by atoms with van der Waals surface area (Å²) in [5.41, 5.74) is 0.415. The molecule has 4 nitrogen and oxygen atoms in total. The van der Waals surface area contributed by atoms with Crippen molar-refractivity contribution < 1.29 is 18.8 Å². The van der Waals surface area contributed by atoms with Gasteiger partial charge in [0.15, 0.2) is 11.6 Å². The normalized spacial score (nSPS) is 29.2. The first-order valence-corrected chi connectivity index (χ1v) is 11.0. The fraction of sp³-hybridized carbons (Fsp3) is 0.179. The summed E-state index contributed by atoms with van der Waals surface area (Å²) < 4.78 is 14.9. The average molecular weight is 437 g/mol. The summed E-state index contributed by atoms with van der Waals surface area (Å²) in [6, 6.07) is 22.7. The van der Waals surface area contributed by atoms with Crippen LogP contribution in [0.2, 0.25) is 0 Å². The van der Waals surface area contributed by atoms with Gasteiger partial charge < -0.3 is 5.32 Å². The lowest BCUT2D eigenvalue weighted by Crippen LogP contribution is -2.47. The smallest absolute Gasteiger partial charge is 0.236 e. The Hall–Kier alpha value is -3.86. The fourth-order valence-corrected chi connectivity index (χ4v) is 6.36. The van der Waals surface area contributed by atoms with E-state index in [9.17, 15) is 18.8 Å². The number of rotatable bonds is 3. The summed E-state index contributed by atoms with van der Waals surface area (Å²) in [6.07, 6.45) is 3.30. The van der Waals surface area contributed by atoms with Crippen LogP contribution in [0.3, 0.4) is 0 Å². The Morgan fingerprint density at radius 2 is 1.58 bits per heavy atom. The lowest BCUT2D eigenvalue weighted by atomic mass is 9.62. The molecule has 2 aliphatic carbocycles. The highest BCUT2D eigenvalue weighted by molar-refractivity contribution is 6.15. The van der Waals surface area contributed by atoms with Crippen molar-refractivity contribution in [2.75, 3.05) is 5.32 Å². The van der Waals surface area contributed by atoms with Gasteiger partial charge in [-0.3, -0.25) is 14.4 Å². The van der Waals surface area contributed by atoms with Crippen molar-refractivity contribution in [2.45, 2.75) is 11.3 Å². The minimum absolute atomic E-state index is 0.102. The van der Waals surface area contributed by atoms with Gasteiger partial charge in [0, 0.05) is 23.3 Å². The Bertz CT molecular complexity index is 1330. The standard InChI is InChI=1S/C28H20FNO3/c29-20-13-7-12-19-25(20)30-27(33)28(19)23(16-8-3-1-4-9-16)22-18(14-15-21(22)31)24(28)26(32)17-10-5-2-6-11-17/h1-15,18,22-24H,(H,30,33)/t18-,22-,23-,24-,28+/m1/s1. The molecular weight excluding hydrogens is 417 g/mol. The number of nitrogens with one attached hydrogen (secondary N) is 1. The van der Waals surface area contributed by atoms with E-state index in [2.05, 4.69) is 5.32 Å². The Kier molecular flexibility index (Phi) is 4.24. The van der Waals surface area contributed by atoms with Gasteiger partial charge in [-0.25, -0.2) is 4.39 Å². The molecule has 5 heteroatoms.